The third-order valence-electron chi connectivity index (χ3n) is 4.03. The maximum absolute atomic E-state index is 12.4. The first-order valence-electron chi connectivity index (χ1n) is 8.07. The first-order chi connectivity index (χ1) is 11.0. The van der Waals surface area contributed by atoms with E-state index >= 15 is 0 Å². The lowest BCUT2D eigenvalue weighted by molar-refractivity contribution is -0.136. The highest BCUT2D eigenvalue weighted by Crippen LogP contribution is 2.23. The van der Waals surface area contributed by atoms with Crippen LogP contribution in [0.4, 0.5) is 5.69 Å². The molecule has 1 fully saturated rings. The van der Waals surface area contributed by atoms with E-state index in [2.05, 4.69) is 45.2 Å². The average Bonchev–Trinajstić information content (AvgIpc) is 2.52. The molecule has 0 amide bonds. The van der Waals surface area contributed by atoms with Crippen LogP contribution >= 0.6 is 15.9 Å². The predicted molar refractivity (Wildman–Crippen MR) is 96.4 cm³/mol. The molecule has 23 heavy (non-hydrogen) atoms. The summed E-state index contributed by atoms with van der Waals surface area (Å²) in [6.07, 6.45) is 3.29. The number of likely N-dealkylation sites (tertiary alicyclic amines) is 1. The number of amidine groups is 1. The van der Waals surface area contributed by atoms with Gasteiger partial charge in [0.2, 0.25) is 5.84 Å². The summed E-state index contributed by atoms with van der Waals surface area (Å²) in [5.41, 5.74) is 3.80. The van der Waals surface area contributed by atoms with Crippen LogP contribution < -0.4 is 5.43 Å². The van der Waals surface area contributed by atoms with Gasteiger partial charge in [0, 0.05) is 16.6 Å². The van der Waals surface area contributed by atoms with Gasteiger partial charge in [-0.2, -0.15) is 0 Å². The Bertz CT molecular complexity index is 549. The van der Waals surface area contributed by atoms with E-state index in [-0.39, 0.29) is 18.1 Å². The summed E-state index contributed by atoms with van der Waals surface area (Å²) in [5, 5.41) is 4.37. The van der Waals surface area contributed by atoms with Crippen LogP contribution in [0.1, 0.15) is 40.0 Å². The molecule has 1 saturated heterocycles. The van der Waals surface area contributed by atoms with Crippen LogP contribution in [-0.4, -0.2) is 35.4 Å². The SMILES string of the molecule is CCOC(=O)/C(=N\Nc1ccc(Br)cc1)N1[C@H](C)CCC[C@@H]1C. The zero-order valence-electron chi connectivity index (χ0n) is 13.9. The maximum atomic E-state index is 12.4. The molecule has 1 aromatic rings. The van der Waals surface area contributed by atoms with Crippen molar-refractivity contribution in [2.75, 3.05) is 12.0 Å². The van der Waals surface area contributed by atoms with Crippen LogP contribution in [0.15, 0.2) is 33.8 Å². The third kappa shape index (κ3) is 4.70. The predicted octanol–water partition coefficient (Wildman–Crippen LogP) is 4.00. The second-order valence-electron chi connectivity index (χ2n) is 5.81. The van der Waals surface area contributed by atoms with Crippen LogP contribution in [0.3, 0.4) is 0 Å². The van der Waals surface area contributed by atoms with Gasteiger partial charge in [-0.15, -0.1) is 5.10 Å². The van der Waals surface area contributed by atoms with E-state index in [9.17, 15) is 4.79 Å². The lowest BCUT2D eigenvalue weighted by atomic mass is 9.97. The van der Waals surface area contributed by atoms with Crippen molar-refractivity contribution >= 4 is 33.4 Å². The van der Waals surface area contributed by atoms with Gasteiger partial charge in [0.25, 0.3) is 0 Å². The molecule has 2 rings (SSSR count). The molecule has 2 atom stereocenters. The van der Waals surface area contributed by atoms with Crippen molar-refractivity contribution in [3.05, 3.63) is 28.7 Å². The van der Waals surface area contributed by atoms with E-state index in [1.165, 1.54) is 6.42 Å². The van der Waals surface area contributed by atoms with E-state index in [1.807, 2.05) is 24.3 Å². The Labute approximate surface area is 146 Å². The van der Waals surface area contributed by atoms with E-state index < -0.39 is 0 Å². The second-order valence-corrected chi connectivity index (χ2v) is 6.73. The Morgan fingerprint density at radius 1 is 1.30 bits per heavy atom. The Hall–Kier alpha value is -1.56. The lowest BCUT2D eigenvalue weighted by Gasteiger charge is -2.40. The molecule has 1 heterocycles. The Morgan fingerprint density at radius 2 is 1.91 bits per heavy atom. The number of anilines is 1. The molecule has 1 aliphatic heterocycles. The van der Waals surface area contributed by atoms with Gasteiger partial charge in [0.05, 0.1) is 12.3 Å². The van der Waals surface area contributed by atoms with Gasteiger partial charge >= 0.3 is 5.97 Å². The van der Waals surface area contributed by atoms with Gasteiger partial charge < -0.3 is 9.64 Å². The van der Waals surface area contributed by atoms with Crippen LogP contribution in [0, 0.1) is 0 Å². The smallest absolute Gasteiger partial charge is 0.376 e. The topological polar surface area (TPSA) is 53.9 Å². The molecule has 0 aliphatic carbocycles. The molecule has 0 spiro atoms. The molecular weight excluding hydrogens is 358 g/mol. The second kappa shape index (κ2) is 8.34. The Kier molecular flexibility index (Phi) is 6.45. The van der Waals surface area contributed by atoms with Crippen LogP contribution in [0.2, 0.25) is 0 Å². The lowest BCUT2D eigenvalue weighted by Crippen LogP contribution is -2.51. The molecule has 6 heteroatoms. The number of nitrogens with zero attached hydrogens (tertiary/aromatic N) is 2. The fraction of sp³-hybridized carbons (Fsp3) is 0.529. The molecule has 0 saturated carbocycles. The number of piperidine rings is 1. The molecule has 0 radical (unpaired) electrons. The quantitative estimate of drug-likeness (QED) is 0.372. The van der Waals surface area contributed by atoms with Crippen molar-refractivity contribution in [1.82, 2.24) is 4.90 Å². The normalized spacial score (nSPS) is 21.9. The number of hydrazone groups is 1. The number of hydrogen-bond donors (Lipinski definition) is 1. The number of rotatable bonds is 3. The van der Waals surface area contributed by atoms with E-state index in [4.69, 9.17) is 4.74 Å². The van der Waals surface area contributed by atoms with Crippen molar-refractivity contribution in [3.63, 3.8) is 0 Å². The third-order valence-corrected chi connectivity index (χ3v) is 4.56. The highest BCUT2D eigenvalue weighted by Gasteiger charge is 2.32. The molecule has 126 valence electrons. The molecule has 0 aromatic heterocycles. The summed E-state index contributed by atoms with van der Waals surface area (Å²) in [6.45, 7) is 6.40. The highest BCUT2D eigenvalue weighted by molar-refractivity contribution is 9.10. The number of carbonyl (C=O) groups excluding carboxylic acids is 1. The number of benzene rings is 1. The van der Waals surface area contributed by atoms with Crippen LogP contribution in [0.5, 0.6) is 0 Å². The zero-order chi connectivity index (χ0) is 16.8. The fourth-order valence-corrected chi connectivity index (χ4v) is 3.15. The minimum atomic E-state index is -0.377. The number of nitrogens with one attached hydrogen (secondary N) is 1. The summed E-state index contributed by atoms with van der Waals surface area (Å²) in [6, 6.07) is 8.20. The van der Waals surface area contributed by atoms with Crippen molar-refractivity contribution in [2.45, 2.75) is 52.1 Å². The largest absolute Gasteiger partial charge is 0.460 e. The van der Waals surface area contributed by atoms with Gasteiger partial charge in [-0.25, -0.2) is 4.79 Å². The minimum absolute atomic E-state index is 0.272. The molecule has 0 bridgehead atoms. The first-order valence-corrected chi connectivity index (χ1v) is 8.87. The Morgan fingerprint density at radius 3 is 2.48 bits per heavy atom. The molecule has 1 aliphatic rings. The summed E-state index contributed by atoms with van der Waals surface area (Å²) >= 11 is 3.40. The number of halogens is 1. The van der Waals surface area contributed by atoms with Crippen molar-refractivity contribution in [3.8, 4) is 0 Å². The van der Waals surface area contributed by atoms with Crippen molar-refractivity contribution in [1.29, 1.82) is 0 Å². The molecule has 5 nitrogen and oxygen atoms in total. The van der Waals surface area contributed by atoms with E-state index in [1.54, 1.807) is 6.92 Å². The number of carbonyl (C=O) groups is 1. The summed E-state index contributed by atoms with van der Waals surface area (Å²) in [4.78, 5) is 14.4. The maximum Gasteiger partial charge on any atom is 0.376 e. The summed E-state index contributed by atoms with van der Waals surface area (Å²) in [7, 11) is 0. The molecule has 0 unspecified atom stereocenters. The standard InChI is InChI=1S/C17H24BrN3O2/c1-4-23-17(22)16(21-12(2)6-5-7-13(21)3)20-19-15-10-8-14(18)9-11-15/h8-13,19H,4-7H2,1-3H3/b20-16+/t12-,13+. The fourth-order valence-electron chi connectivity index (χ4n) is 2.89. The number of esters is 1. The van der Waals surface area contributed by atoms with E-state index in [0.717, 1.165) is 23.0 Å². The summed E-state index contributed by atoms with van der Waals surface area (Å²) in [5.74, 6) is -0.0211. The zero-order valence-corrected chi connectivity index (χ0v) is 15.5. The van der Waals surface area contributed by atoms with Crippen molar-refractivity contribution < 1.29 is 9.53 Å². The van der Waals surface area contributed by atoms with Gasteiger partial charge in [-0.3, -0.25) is 5.43 Å². The minimum Gasteiger partial charge on any atom is -0.460 e. The number of ether oxygens (including phenoxy) is 1. The first kappa shape index (κ1) is 17.8. The van der Waals surface area contributed by atoms with Crippen LogP contribution in [-0.2, 0) is 9.53 Å². The number of hydrogen-bond acceptors (Lipinski definition) is 4. The molecule has 1 aromatic carbocycles. The van der Waals surface area contributed by atoms with Crippen LogP contribution in [0.25, 0.3) is 0 Å². The molecule has 1 N–H and O–H groups in total. The Balaban J connectivity index is 2.23. The van der Waals surface area contributed by atoms with Crippen molar-refractivity contribution in [2.24, 2.45) is 5.10 Å². The van der Waals surface area contributed by atoms with Gasteiger partial charge in [0.1, 0.15) is 0 Å². The average molecular weight is 382 g/mol. The van der Waals surface area contributed by atoms with Gasteiger partial charge in [-0.05, 0) is 64.3 Å². The monoisotopic (exact) mass is 381 g/mol. The van der Waals surface area contributed by atoms with Gasteiger partial charge in [-0.1, -0.05) is 15.9 Å². The summed E-state index contributed by atoms with van der Waals surface area (Å²) < 4.78 is 6.20. The highest BCUT2D eigenvalue weighted by atomic mass is 79.9. The van der Waals surface area contributed by atoms with Gasteiger partial charge in [0.15, 0.2) is 0 Å². The molecular formula is C17H24BrN3O2. The van der Waals surface area contributed by atoms with E-state index in [0.29, 0.717) is 12.4 Å².